The molecule has 1 aliphatic heterocycles. The molecule has 0 bridgehead atoms. The first-order valence-electron chi connectivity index (χ1n) is 7.77. The lowest BCUT2D eigenvalue weighted by Crippen LogP contribution is -2.53. The molecular formula is C18H18ClNO4S. The Morgan fingerprint density at radius 1 is 1.32 bits per heavy atom. The van der Waals surface area contributed by atoms with Crippen molar-refractivity contribution in [3.63, 3.8) is 0 Å². The number of hydrogen-bond acceptors (Lipinski definition) is 5. The van der Waals surface area contributed by atoms with Crippen molar-refractivity contribution in [1.29, 1.82) is 0 Å². The lowest BCUT2D eigenvalue weighted by atomic mass is 9.90. The van der Waals surface area contributed by atoms with Gasteiger partial charge in [0.2, 0.25) is 0 Å². The van der Waals surface area contributed by atoms with Crippen molar-refractivity contribution in [3.8, 4) is 5.75 Å². The molecule has 2 atom stereocenters. The normalized spacial score (nSPS) is 21.2. The largest absolute Gasteiger partial charge is 0.484 e. The molecule has 1 aromatic carbocycles. The number of halogens is 1. The van der Waals surface area contributed by atoms with Gasteiger partial charge in [-0.2, -0.15) is 0 Å². The van der Waals surface area contributed by atoms with Crippen LogP contribution in [0.3, 0.4) is 0 Å². The van der Waals surface area contributed by atoms with E-state index in [4.69, 9.17) is 16.3 Å². The quantitative estimate of drug-likeness (QED) is 0.799. The Labute approximate surface area is 154 Å². The Kier molecular flexibility index (Phi) is 4.62. The van der Waals surface area contributed by atoms with Gasteiger partial charge >= 0.3 is 0 Å². The van der Waals surface area contributed by atoms with E-state index in [9.17, 15) is 14.7 Å². The van der Waals surface area contributed by atoms with Crippen LogP contribution in [0.2, 0.25) is 5.02 Å². The number of benzene rings is 1. The summed E-state index contributed by atoms with van der Waals surface area (Å²) in [6.45, 7) is 4.95. The van der Waals surface area contributed by atoms with Gasteiger partial charge in [0.15, 0.2) is 5.78 Å². The van der Waals surface area contributed by atoms with E-state index in [1.165, 1.54) is 18.3 Å². The minimum Gasteiger partial charge on any atom is -0.484 e. The molecular weight excluding hydrogens is 362 g/mol. The van der Waals surface area contributed by atoms with E-state index in [2.05, 4.69) is 5.32 Å². The molecule has 0 unspecified atom stereocenters. The standard InChI is InChI=1S/C18H18ClNO4S/c1-9(21)13-8-12-15(25-13)14(16(22)18(2,3)24-12)20-17(23)10-5-4-6-11(19)7-10/h4-8,14,16,22H,1-3H3,(H,20,23)/t14-,16+/m1/s1. The molecule has 0 saturated heterocycles. The number of hydrogen-bond donors (Lipinski definition) is 2. The molecule has 1 amide bonds. The van der Waals surface area contributed by atoms with Crippen LogP contribution in [0.25, 0.3) is 0 Å². The summed E-state index contributed by atoms with van der Waals surface area (Å²) in [5.74, 6) is 0.0742. The van der Waals surface area contributed by atoms with E-state index in [1.807, 2.05) is 0 Å². The number of carbonyl (C=O) groups is 2. The number of carbonyl (C=O) groups excluding carboxylic acids is 2. The summed E-state index contributed by atoms with van der Waals surface area (Å²) in [7, 11) is 0. The highest BCUT2D eigenvalue weighted by molar-refractivity contribution is 7.14. The van der Waals surface area contributed by atoms with Gasteiger partial charge in [0, 0.05) is 16.7 Å². The van der Waals surface area contributed by atoms with E-state index in [1.54, 1.807) is 44.2 Å². The average molecular weight is 380 g/mol. The van der Waals surface area contributed by atoms with Gasteiger partial charge in [-0.25, -0.2) is 0 Å². The van der Waals surface area contributed by atoms with Gasteiger partial charge in [-0.1, -0.05) is 17.7 Å². The summed E-state index contributed by atoms with van der Waals surface area (Å²) in [6.07, 6.45) is -0.971. The maximum Gasteiger partial charge on any atom is 0.251 e. The highest BCUT2D eigenvalue weighted by Gasteiger charge is 2.45. The molecule has 3 rings (SSSR count). The van der Waals surface area contributed by atoms with Crippen LogP contribution < -0.4 is 10.1 Å². The predicted octanol–water partition coefficient (Wildman–Crippen LogP) is 3.61. The number of aliphatic hydroxyl groups excluding tert-OH is 1. The molecule has 5 nitrogen and oxygen atoms in total. The molecule has 7 heteroatoms. The van der Waals surface area contributed by atoms with E-state index in [0.29, 0.717) is 26.1 Å². The average Bonchev–Trinajstić information content (AvgIpc) is 2.94. The molecule has 2 N–H and O–H groups in total. The van der Waals surface area contributed by atoms with Gasteiger partial charge in [-0.15, -0.1) is 11.3 Å². The van der Waals surface area contributed by atoms with Crippen molar-refractivity contribution in [2.45, 2.75) is 38.5 Å². The number of Topliss-reactive ketones (excluding diaryl/α,β-unsaturated/α-hetero) is 1. The molecule has 0 spiro atoms. The van der Waals surface area contributed by atoms with E-state index >= 15 is 0 Å². The zero-order chi connectivity index (χ0) is 18.4. The number of ether oxygens (including phenoxy) is 1. The van der Waals surface area contributed by atoms with Crippen LogP contribution in [0.4, 0.5) is 0 Å². The van der Waals surface area contributed by atoms with Crippen molar-refractivity contribution >= 4 is 34.6 Å². The molecule has 0 saturated carbocycles. The highest BCUT2D eigenvalue weighted by Crippen LogP contribution is 2.44. The van der Waals surface area contributed by atoms with Crippen molar-refractivity contribution in [1.82, 2.24) is 5.32 Å². The Morgan fingerprint density at radius 3 is 2.68 bits per heavy atom. The van der Waals surface area contributed by atoms with Crippen LogP contribution in [0.1, 0.15) is 51.7 Å². The second kappa shape index (κ2) is 6.44. The molecule has 1 aromatic heterocycles. The molecule has 25 heavy (non-hydrogen) atoms. The minimum atomic E-state index is -0.971. The number of nitrogens with one attached hydrogen (secondary N) is 1. The van der Waals surface area contributed by atoms with Crippen LogP contribution in [-0.2, 0) is 0 Å². The SMILES string of the molecule is CC(=O)c1cc2c(s1)[C@@H](NC(=O)c1cccc(Cl)c1)[C@H](O)C(C)(C)O2. The first-order chi connectivity index (χ1) is 11.7. The molecule has 0 aliphatic carbocycles. The topological polar surface area (TPSA) is 75.6 Å². The first-order valence-corrected chi connectivity index (χ1v) is 8.96. The van der Waals surface area contributed by atoms with Gasteiger partial charge in [0.25, 0.3) is 5.91 Å². The van der Waals surface area contributed by atoms with Crippen LogP contribution in [0.15, 0.2) is 30.3 Å². The van der Waals surface area contributed by atoms with Crippen LogP contribution in [0, 0.1) is 0 Å². The fraction of sp³-hybridized carbons (Fsp3) is 0.333. The van der Waals surface area contributed by atoms with Crippen LogP contribution in [0.5, 0.6) is 5.75 Å². The van der Waals surface area contributed by atoms with E-state index in [0.717, 1.165) is 0 Å². The lowest BCUT2D eigenvalue weighted by Gasteiger charge is -2.40. The summed E-state index contributed by atoms with van der Waals surface area (Å²) < 4.78 is 5.83. The summed E-state index contributed by atoms with van der Waals surface area (Å²) in [5, 5.41) is 14.0. The maximum absolute atomic E-state index is 12.6. The number of thiophene rings is 1. The number of fused-ring (bicyclic) bond motifs is 1. The van der Waals surface area contributed by atoms with Crippen LogP contribution in [-0.4, -0.2) is 28.5 Å². The fourth-order valence-electron chi connectivity index (χ4n) is 2.75. The highest BCUT2D eigenvalue weighted by atomic mass is 35.5. The molecule has 0 fully saturated rings. The fourth-order valence-corrected chi connectivity index (χ4v) is 4.00. The van der Waals surface area contributed by atoms with Gasteiger partial charge in [0.05, 0.1) is 15.8 Å². The molecule has 0 radical (unpaired) electrons. The molecule has 132 valence electrons. The van der Waals surface area contributed by atoms with Gasteiger partial charge in [0.1, 0.15) is 17.5 Å². The summed E-state index contributed by atoms with van der Waals surface area (Å²) >= 11 is 7.16. The van der Waals surface area contributed by atoms with E-state index in [-0.39, 0.29) is 11.7 Å². The Bertz CT molecular complexity index is 845. The molecule has 2 heterocycles. The van der Waals surface area contributed by atoms with Crippen molar-refractivity contribution in [2.75, 3.05) is 0 Å². The molecule has 1 aliphatic rings. The summed E-state index contributed by atoms with van der Waals surface area (Å²) in [5.41, 5.74) is -0.511. The van der Waals surface area contributed by atoms with Crippen molar-refractivity contribution < 1.29 is 19.4 Å². The maximum atomic E-state index is 12.6. The second-order valence-electron chi connectivity index (χ2n) is 6.51. The smallest absolute Gasteiger partial charge is 0.251 e. The van der Waals surface area contributed by atoms with E-state index < -0.39 is 17.7 Å². The zero-order valence-electron chi connectivity index (χ0n) is 14.0. The third-order valence-corrected chi connectivity index (χ3v) is 5.66. The predicted molar refractivity (Wildman–Crippen MR) is 96.7 cm³/mol. The number of ketones is 1. The minimum absolute atomic E-state index is 0.0878. The Morgan fingerprint density at radius 2 is 2.04 bits per heavy atom. The lowest BCUT2D eigenvalue weighted by molar-refractivity contribution is -0.0612. The van der Waals surface area contributed by atoms with Gasteiger partial charge in [-0.05, 0) is 39.0 Å². The summed E-state index contributed by atoms with van der Waals surface area (Å²) in [6, 6.07) is 7.56. The second-order valence-corrected chi connectivity index (χ2v) is 8.03. The Balaban J connectivity index is 1.96. The number of rotatable bonds is 3. The molecule has 2 aromatic rings. The number of amides is 1. The van der Waals surface area contributed by atoms with Gasteiger partial charge in [-0.3, -0.25) is 9.59 Å². The Hall–Kier alpha value is -1.89. The third kappa shape index (κ3) is 3.42. The van der Waals surface area contributed by atoms with Crippen molar-refractivity contribution in [2.24, 2.45) is 0 Å². The van der Waals surface area contributed by atoms with Crippen molar-refractivity contribution in [3.05, 3.63) is 50.7 Å². The number of aliphatic hydroxyl groups is 1. The third-order valence-electron chi connectivity index (χ3n) is 4.13. The van der Waals surface area contributed by atoms with Gasteiger partial charge < -0.3 is 15.2 Å². The monoisotopic (exact) mass is 379 g/mol. The van der Waals surface area contributed by atoms with Crippen LogP contribution >= 0.6 is 22.9 Å². The zero-order valence-corrected chi connectivity index (χ0v) is 15.6. The first kappa shape index (κ1) is 17.9. The summed E-state index contributed by atoms with van der Waals surface area (Å²) in [4.78, 5) is 25.4.